The van der Waals surface area contributed by atoms with Crippen molar-refractivity contribution in [1.29, 1.82) is 0 Å². The summed E-state index contributed by atoms with van der Waals surface area (Å²) >= 11 is 6.14. The summed E-state index contributed by atoms with van der Waals surface area (Å²) in [5.41, 5.74) is 2.06. The molecule has 1 amide bonds. The maximum atomic E-state index is 12.8. The lowest BCUT2D eigenvalue weighted by Crippen LogP contribution is -2.28. The van der Waals surface area contributed by atoms with Gasteiger partial charge < -0.3 is 5.32 Å². The predicted molar refractivity (Wildman–Crippen MR) is 108 cm³/mol. The first-order valence-corrected chi connectivity index (χ1v) is 10.8. The number of carbonyl (C=O) groups is 1. The van der Waals surface area contributed by atoms with Crippen LogP contribution in [0.2, 0.25) is 5.02 Å². The van der Waals surface area contributed by atoms with Crippen LogP contribution in [0.4, 0.5) is 5.69 Å². The van der Waals surface area contributed by atoms with E-state index < -0.39 is 10.0 Å². The molecule has 1 fully saturated rings. The lowest BCUT2D eigenvalue weighted by atomic mass is 10.0. The van der Waals surface area contributed by atoms with E-state index in [4.69, 9.17) is 11.6 Å². The highest BCUT2D eigenvalue weighted by Gasteiger charge is 2.29. The van der Waals surface area contributed by atoms with Crippen LogP contribution < -0.4 is 5.32 Å². The van der Waals surface area contributed by atoms with Crippen LogP contribution in [0.15, 0.2) is 47.4 Å². The van der Waals surface area contributed by atoms with E-state index in [2.05, 4.69) is 19.2 Å². The van der Waals surface area contributed by atoms with Crippen LogP contribution in [0.1, 0.15) is 48.5 Å². The number of hydrogen-bond donors (Lipinski definition) is 1. The van der Waals surface area contributed by atoms with Gasteiger partial charge in [0.1, 0.15) is 4.90 Å². The molecule has 0 spiro atoms. The Hall–Kier alpha value is -1.89. The Morgan fingerprint density at radius 2 is 1.70 bits per heavy atom. The summed E-state index contributed by atoms with van der Waals surface area (Å²) in [7, 11) is -3.66. The second kappa shape index (κ2) is 8.00. The molecule has 1 aliphatic heterocycles. The van der Waals surface area contributed by atoms with Crippen LogP contribution in [0.25, 0.3) is 0 Å². The summed E-state index contributed by atoms with van der Waals surface area (Å²) < 4.78 is 27.0. The van der Waals surface area contributed by atoms with Gasteiger partial charge in [0, 0.05) is 24.3 Å². The summed E-state index contributed by atoms with van der Waals surface area (Å²) in [6.45, 7) is 5.17. The third-order valence-electron chi connectivity index (χ3n) is 4.71. The van der Waals surface area contributed by atoms with Crippen LogP contribution in [0, 0.1) is 0 Å². The number of amides is 1. The van der Waals surface area contributed by atoms with E-state index in [0.717, 1.165) is 18.4 Å². The SMILES string of the molecule is CC(C)c1ccc(C(=O)Nc2ccc(Cl)c(S(=O)(=O)N3CCCC3)c2)cc1. The van der Waals surface area contributed by atoms with E-state index in [-0.39, 0.29) is 15.8 Å². The Bertz CT molecular complexity index is 934. The molecule has 0 bridgehead atoms. The zero-order valence-corrected chi connectivity index (χ0v) is 17.0. The average molecular weight is 407 g/mol. The number of carbonyl (C=O) groups excluding carboxylic acids is 1. The van der Waals surface area contributed by atoms with E-state index in [1.165, 1.54) is 16.4 Å². The summed E-state index contributed by atoms with van der Waals surface area (Å²) in [5, 5.41) is 2.91. The number of benzene rings is 2. The van der Waals surface area contributed by atoms with Gasteiger partial charge in [-0.3, -0.25) is 4.79 Å². The van der Waals surface area contributed by atoms with Gasteiger partial charge in [0.05, 0.1) is 5.02 Å². The molecule has 27 heavy (non-hydrogen) atoms. The molecule has 1 N–H and O–H groups in total. The smallest absolute Gasteiger partial charge is 0.255 e. The van der Waals surface area contributed by atoms with Gasteiger partial charge in [-0.2, -0.15) is 4.31 Å². The molecule has 3 rings (SSSR count). The predicted octanol–water partition coefficient (Wildman–Crippen LogP) is 4.50. The molecule has 1 aliphatic rings. The molecule has 0 aliphatic carbocycles. The first-order chi connectivity index (χ1) is 12.8. The fourth-order valence-corrected chi connectivity index (χ4v) is 5.09. The molecule has 1 saturated heterocycles. The van der Waals surface area contributed by atoms with E-state index in [9.17, 15) is 13.2 Å². The van der Waals surface area contributed by atoms with Crippen LogP contribution >= 0.6 is 11.6 Å². The normalized spacial score (nSPS) is 15.3. The van der Waals surface area contributed by atoms with Crippen molar-refractivity contribution in [3.05, 3.63) is 58.6 Å². The van der Waals surface area contributed by atoms with Crippen molar-refractivity contribution >= 4 is 33.2 Å². The van der Waals surface area contributed by atoms with Gasteiger partial charge >= 0.3 is 0 Å². The zero-order valence-electron chi connectivity index (χ0n) is 15.4. The number of anilines is 1. The van der Waals surface area contributed by atoms with Crippen LogP contribution in [0.5, 0.6) is 0 Å². The van der Waals surface area contributed by atoms with Crippen LogP contribution in [-0.4, -0.2) is 31.7 Å². The van der Waals surface area contributed by atoms with Crippen LogP contribution in [0.3, 0.4) is 0 Å². The molecule has 2 aromatic carbocycles. The first kappa shape index (κ1) is 19.9. The molecule has 7 heteroatoms. The Kier molecular flexibility index (Phi) is 5.89. The van der Waals surface area contributed by atoms with E-state index in [1.807, 2.05) is 12.1 Å². The number of nitrogens with one attached hydrogen (secondary N) is 1. The maximum Gasteiger partial charge on any atom is 0.255 e. The molecule has 0 unspecified atom stereocenters. The third kappa shape index (κ3) is 4.34. The quantitative estimate of drug-likeness (QED) is 0.794. The van der Waals surface area contributed by atoms with Crippen molar-refractivity contribution in [2.45, 2.75) is 37.5 Å². The lowest BCUT2D eigenvalue weighted by Gasteiger charge is -2.17. The minimum atomic E-state index is -3.66. The molecular formula is C20H23ClN2O3S. The summed E-state index contributed by atoms with van der Waals surface area (Å²) in [5.74, 6) is 0.0916. The molecular weight excluding hydrogens is 384 g/mol. The Morgan fingerprint density at radius 3 is 2.30 bits per heavy atom. The highest BCUT2D eigenvalue weighted by Crippen LogP contribution is 2.29. The van der Waals surface area contributed by atoms with E-state index in [0.29, 0.717) is 30.3 Å². The summed E-state index contributed by atoms with van der Waals surface area (Å²) in [6.07, 6.45) is 1.69. The third-order valence-corrected chi connectivity index (χ3v) is 7.09. The highest BCUT2D eigenvalue weighted by atomic mass is 35.5. The minimum absolute atomic E-state index is 0.0269. The standard InChI is InChI=1S/C20H23ClN2O3S/c1-14(2)15-5-7-16(8-6-15)20(24)22-17-9-10-18(21)19(13-17)27(25,26)23-11-3-4-12-23/h5-10,13-14H,3-4,11-12H2,1-2H3,(H,22,24). The van der Waals surface area contributed by atoms with Gasteiger partial charge in [-0.15, -0.1) is 0 Å². The van der Waals surface area contributed by atoms with Crippen molar-refractivity contribution in [2.24, 2.45) is 0 Å². The van der Waals surface area contributed by atoms with Gasteiger partial charge in [-0.25, -0.2) is 8.42 Å². The van der Waals surface area contributed by atoms with Gasteiger partial charge in [-0.05, 0) is 54.7 Å². The summed E-state index contributed by atoms with van der Waals surface area (Å²) in [6, 6.07) is 11.9. The second-order valence-corrected chi connectivity index (χ2v) is 9.30. The highest BCUT2D eigenvalue weighted by molar-refractivity contribution is 7.89. The molecule has 0 atom stereocenters. The van der Waals surface area contributed by atoms with E-state index >= 15 is 0 Å². The molecule has 0 aromatic heterocycles. The van der Waals surface area contributed by atoms with Gasteiger partial charge in [0.2, 0.25) is 10.0 Å². The van der Waals surface area contributed by atoms with Crippen molar-refractivity contribution < 1.29 is 13.2 Å². The van der Waals surface area contributed by atoms with Crippen molar-refractivity contribution in [3.8, 4) is 0 Å². The topological polar surface area (TPSA) is 66.5 Å². The fraction of sp³-hybridized carbons (Fsp3) is 0.350. The summed E-state index contributed by atoms with van der Waals surface area (Å²) in [4.78, 5) is 12.5. The maximum absolute atomic E-state index is 12.8. The van der Waals surface area contributed by atoms with Crippen molar-refractivity contribution in [3.63, 3.8) is 0 Å². The molecule has 144 valence electrons. The van der Waals surface area contributed by atoms with Gasteiger partial charge in [0.25, 0.3) is 5.91 Å². The molecule has 5 nitrogen and oxygen atoms in total. The zero-order chi connectivity index (χ0) is 19.6. The first-order valence-electron chi connectivity index (χ1n) is 9.00. The molecule has 0 saturated carbocycles. The molecule has 0 radical (unpaired) electrons. The Balaban J connectivity index is 1.82. The number of hydrogen-bond acceptors (Lipinski definition) is 3. The molecule has 1 heterocycles. The van der Waals surface area contributed by atoms with Gasteiger partial charge in [0.15, 0.2) is 0 Å². The average Bonchev–Trinajstić information content (AvgIpc) is 3.19. The Morgan fingerprint density at radius 1 is 1.07 bits per heavy atom. The second-order valence-electron chi connectivity index (χ2n) is 6.99. The largest absolute Gasteiger partial charge is 0.322 e. The fourth-order valence-electron chi connectivity index (χ4n) is 3.07. The van der Waals surface area contributed by atoms with Crippen molar-refractivity contribution in [2.75, 3.05) is 18.4 Å². The monoisotopic (exact) mass is 406 g/mol. The number of rotatable bonds is 5. The van der Waals surface area contributed by atoms with Crippen molar-refractivity contribution in [1.82, 2.24) is 4.31 Å². The number of halogens is 1. The lowest BCUT2D eigenvalue weighted by molar-refractivity contribution is 0.102. The van der Waals surface area contributed by atoms with Gasteiger partial charge in [-0.1, -0.05) is 37.6 Å². The number of nitrogens with zero attached hydrogens (tertiary/aromatic N) is 1. The van der Waals surface area contributed by atoms with E-state index in [1.54, 1.807) is 18.2 Å². The molecule has 2 aromatic rings. The Labute approximate surface area is 165 Å². The minimum Gasteiger partial charge on any atom is -0.322 e. The number of sulfonamides is 1. The van der Waals surface area contributed by atoms with Crippen LogP contribution in [-0.2, 0) is 10.0 Å².